The number of nitrogens with two attached hydrogens (primary N) is 1. The molecule has 0 fully saturated rings. The summed E-state index contributed by atoms with van der Waals surface area (Å²) in [7, 11) is 0. The smallest absolute Gasteiger partial charge is 0.323 e. The zero-order valence-corrected chi connectivity index (χ0v) is 9.89. The summed E-state index contributed by atoms with van der Waals surface area (Å²) in [6.45, 7) is 2.14. The van der Waals surface area contributed by atoms with Gasteiger partial charge in [0.25, 0.3) is 0 Å². The van der Waals surface area contributed by atoms with Crippen molar-refractivity contribution >= 4 is 17.7 Å². The van der Waals surface area contributed by atoms with Gasteiger partial charge in [-0.3, -0.25) is 4.79 Å². The summed E-state index contributed by atoms with van der Waals surface area (Å²) in [5.41, 5.74) is 5.60. The van der Waals surface area contributed by atoms with Crippen LogP contribution in [0.1, 0.15) is 26.2 Å². The number of thioether (sulfide) groups is 1. The van der Waals surface area contributed by atoms with Gasteiger partial charge in [-0.25, -0.2) is 0 Å². The van der Waals surface area contributed by atoms with E-state index in [2.05, 4.69) is 6.07 Å². The quantitative estimate of drug-likeness (QED) is 0.502. The van der Waals surface area contributed by atoms with E-state index in [1.165, 1.54) is 0 Å². The molecule has 15 heavy (non-hydrogen) atoms. The lowest BCUT2D eigenvalue weighted by atomic mass is 10.3. The lowest BCUT2D eigenvalue weighted by Crippen LogP contribution is -2.34. The molecule has 0 unspecified atom stereocenters. The van der Waals surface area contributed by atoms with Gasteiger partial charge in [0.1, 0.15) is 6.04 Å². The minimum Gasteiger partial charge on any atom is -0.465 e. The summed E-state index contributed by atoms with van der Waals surface area (Å²) in [6, 6.07) is 1.57. The maximum Gasteiger partial charge on any atom is 0.323 e. The van der Waals surface area contributed by atoms with Crippen molar-refractivity contribution in [2.75, 3.05) is 18.1 Å². The molecule has 0 bridgehead atoms. The van der Waals surface area contributed by atoms with Gasteiger partial charge in [-0.15, -0.1) is 0 Å². The number of carbonyl (C=O) groups excluding carboxylic acids is 1. The molecule has 0 aliphatic carbocycles. The van der Waals surface area contributed by atoms with Gasteiger partial charge in [0.2, 0.25) is 0 Å². The third kappa shape index (κ3) is 8.28. The Hall–Kier alpha value is -0.730. The molecule has 2 N–H and O–H groups in total. The molecular weight excluding hydrogens is 212 g/mol. The average molecular weight is 230 g/mol. The van der Waals surface area contributed by atoms with Crippen LogP contribution in [-0.2, 0) is 9.53 Å². The van der Waals surface area contributed by atoms with Crippen LogP contribution >= 0.6 is 11.8 Å². The third-order valence-electron chi connectivity index (χ3n) is 1.71. The third-order valence-corrected chi connectivity index (χ3v) is 2.89. The molecule has 0 aromatic carbocycles. The first-order valence-corrected chi connectivity index (χ1v) is 6.24. The Morgan fingerprint density at radius 2 is 2.33 bits per heavy atom. The van der Waals surface area contributed by atoms with Crippen LogP contribution < -0.4 is 5.73 Å². The van der Waals surface area contributed by atoms with Crippen LogP contribution in [0.4, 0.5) is 0 Å². The fourth-order valence-electron chi connectivity index (χ4n) is 0.936. The number of rotatable bonds is 8. The number of carbonyl (C=O) groups is 1. The molecule has 4 nitrogen and oxygen atoms in total. The fraction of sp³-hybridized carbons (Fsp3) is 0.800. The van der Waals surface area contributed by atoms with E-state index in [1.807, 2.05) is 0 Å². The van der Waals surface area contributed by atoms with Crippen molar-refractivity contribution < 1.29 is 9.53 Å². The highest BCUT2D eigenvalue weighted by Crippen LogP contribution is 2.07. The zero-order valence-electron chi connectivity index (χ0n) is 9.07. The van der Waals surface area contributed by atoms with E-state index in [0.717, 1.165) is 18.6 Å². The average Bonchev–Trinajstić information content (AvgIpc) is 2.23. The van der Waals surface area contributed by atoms with Gasteiger partial charge in [0.15, 0.2) is 0 Å². The van der Waals surface area contributed by atoms with Crippen LogP contribution in [0.15, 0.2) is 0 Å². The second-order valence-corrected chi connectivity index (χ2v) is 4.20. The Bertz CT molecular complexity index is 216. The summed E-state index contributed by atoms with van der Waals surface area (Å²) in [4.78, 5) is 11.1. The highest BCUT2D eigenvalue weighted by molar-refractivity contribution is 7.99. The molecule has 0 aliphatic heterocycles. The molecule has 5 heteroatoms. The monoisotopic (exact) mass is 230 g/mol. The molecule has 0 rings (SSSR count). The lowest BCUT2D eigenvalue weighted by Gasteiger charge is -2.09. The number of nitriles is 1. The number of ether oxygens (including phenoxy) is 1. The van der Waals surface area contributed by atoms with Crippen molar-refractivity contribution in [3.8, 4) is 6.07 Å². The minimum absolute atomic E-state index is 0.331. The number of unbranched alkanes of at least 4 members (excludes halogenated alkanes) is 2. The van der Waals surface area contributed by atoms with Crippen molar-refractivity contribution in [2.45, 2.75) is 32.2 Å². The fourth-order valence-corrected chi connectivity index (χ4v) is 1.90. The van der Waals surface area contributed by atoms with Gasteiger partial charge in [-0.1, -0.05) is 0 Å². The predicted molar refractivity (Wildman–Crippen MR) is 61.4 cm³/mol. The predicted octanol–water partition coefficient (Wildman–Crippen LogP) is 1.30. The van der Waals surface area contributed by atoms with E-state index < -0.39 is 6.04 Å². The molecule has 86 valence electrons. The Balaban J connectivity index is 3.35. The summed E-state index contributed by atoms with van der Waals surface area (Å²) in [5, 5.41) is 8.30. The first kappa shape index (κ1) is 14.3. The van der Waals surface area contributed by atoms with Gasteiger partial charge < -0.3 is 10.5 Å². The van der Waals surface area contributed by atoms with Crippen LogP contribution in [0.5, 0.6) is 0 Å². The molecule has 0 aliphatic rings. The van der Waals surface area contributed by atoms with Crippen molar-refractivity contribution in [3.05, 3.63) is 0 Å². The molecule has 0 aromatic rings. The Labute approximate surface area is 95.2 Å². The standard InChI is InChI=1S/C10H18N2O2S/c1-2-14-10(13)9(12)8-15-7-5-3-4-6-11/h9H,2-5,7-8,12H2,1H3/t9-/m0/s1. The van der Waals surface area contributed by atoms with Gasteiger partial charge in [0, 0.05) is 12.2 Å². The zero-order chi connectivity index (χ0) is 11.5. The second-order valence-electron chi connectivity index (χ2n) is 3.05. The van der Waals surface area contributed by atoms with Gasteiger partial charge in [-0.05, 0) is 25.5 Å². The van der Waals surface area contributed by atoms with Crippen LogP contribution in [0.2, 0.25) is 0 Å². The van der Waals surface area contributed by atoms with Crippen molar-refractivity contribution in [2.24, 2.45) is 5.73 Å². The summed E-state index contributed by atoms with van der Waals surface area (Å²) >= 11 is 1.63. The summed E-state index contributed by atoms with van der Waals surface area (Å²) in [5.74, 6) is 1.20. The summed E-state index contributed by atoms with van der Waals surface area (Å²) in [6.07, 6.45) is 2.51. The van der Waals surface area contributed by atoms with Crippen molar-refractivity contribution in [1.29, 1.82) is 5.26 Å². The van der Waals surface area contributed by atoms with E-state index in [4.69, 9.17) is 15.7 Å². The molecule has 1 atom stereocenters. The maximum absolute atomic E-state index is 11.1. The number of nitrogens with zero attached hydrogens (tertiary/aromatic N) is 1. The molecule has 0 heterocycles. The van der Waals surface area contributed by atoms with Gasteiger partial charge in [-0.2, -0.15) is 17.0 Å². The van der Waals surface area contributed by atoms with Crippen molar-refractivity contribution in [1.82, 2.24) is 0 Å². The Kier molecular flexibility index (Phi) is 9.33. The Morgan fingerprint density at radius 1 is 1.60 bits per heavy atom. The SMILES string of the molecule is CCOC(=O)[C@@H](N)CSCCCCC#N. The van der Waals surface area contributed by atoms with Gasteiger partial charge in [0.05, 0.1) is 12.7 Å². The highest BCUT2D eigenvalue weighted by Gasteiger charge is 2.13. The largest absolute Gasteiger partial charge is 0.465 e. The molecule has 0 amide bonds. The molecule has 0 radical (unpaired) electrons. The molecule has 0 aromatic heterocycles. The van der Waals surface area contributed by atoms with Crippen LogP contribution in [0.3, 0.4) is 0 Å². The number of esters is 1. The molecule has 0 spiro atoms. The highest BCUT2D eigenvalue weighted by atomic mass is 32.2. The van der Waals surface area contributed by atoms with E-state index in [0.29, 0.717) is 18.8 Å². The van der Waals surface area contributed by atoms with E-state index in [-0.39, 0.29) is 5.97 Å². The molecular formula is C10H18N2O2S. The van der Waals surface area contributed by atoms with Crippen molar-refractivity contribution in [3.63, 3.8) is 0 Å². The molecule has 0 saturated carbocycles. The topological polar surface area (TPSA) is 76.1 Å². The maximum atomic E-state index is 11.1. The second kappa shape index (κ2) is 9.81. The number of hydrogen-bond acceptors (Lipinski definition) is 5. The van der Waals surface area contributed by atoms with E-state index in [1.54, 1.807) is 18.7 Å². The van der Waals surface area contributed by atoms with Crippen LogP contribution in [0, 0.1) is 11.3 Å². The van der Waals surface area contributed by atoms with Crippen LogP contribution in [0.25, 0.3) is 0 Å². The van der Waals surface area contributed by atoms with Gasteiger partial charge >= 0.3 is 5.97 Å². The Morgan fingerprint density at radius 3 is 2.93 bits per heavy atom. The minimum atomic E-state index is -0.522. The normalized spacial score (nSPS) is 11.8. The summed E-state index contributed by atoms with van der Waals surface area (Å²) < 4.78 is 4.78. The van der Waals surface area contributed by atoms with E-state index in [9.17, 15) is 4.79 Å². The van der Waals surface area contributed by atoms with E-state index >= 15 is 0 Å². The lowest BCUT2D eigenvalue weighted by molar-refractivity contribution is -0.144. The first-order valence-electron chi connectivity index (χ1n) is 5.09. The molecule has 0 saturated heterocycles. The first-order chi connectivity index (χ1) is 7.22. The number of hydrogen-bond donors (Lipinski definition) is 1. The van der Waals surface area contributed by atoms with Crippen LogP contribution in [-0.4, -0.2) is 30.1 Å².